The molecule has 0 radical (unpaired) electrons. The Morgan fingerprint density at radius 2 is 2.00 bits per heavy atom. The number of anilines is 1. The average Bonchev–Trinajstić information content (AvgIpc) is 2.90. The van der Waals surface area contributed by atoms with Crippen LogP contribution in [0.15, 0.2) is 29.4 Å². The number of aromatic nitrogens is 3. The van der Waals surface area contributed by atoms with Crippen molar-refractivity contribution >= 4 is 11.8 Å². The van der Waals surface area contributed by atoms with E-state index in [-0.39, 0.29) is 6.04 Å². The molecule has 0 spiro atoms. The first-order valence-corrected chi connectivity index (χ1v) is 9.62. The van der Waals surface area contributed by atoms with Crippen LogP contribution in [0.4, 0.5) is 5.82 Å². The van der Waals surface area contributed by atoms with Gasteiger partial charge in [0.1, 0.15) is 5.82 Å². The summed E-state index contributed by atoms with van der Waals surface area (Å²) in [7, 11) is 3.80. The Labute approximate surface area is 162 Å². The first-order valence-electron chi connectivity index (χ1n) is 9.62. The molecule has 1 unspecified atom stereocenters. The van der Waals surface area contributed by atoms with E-state index >= 15 is 0 Å². The third kappa shape index (κ3) is 6.58. The number of aliphatic imine (C=N–C) groups is 1. The zero-order valence-electron chi connectivity index (χ0n) is 17.2. The number of guanidine groups is 1. The van der Waals surface area contributed by atoms with Gasteiger partial charge < -0.3 is 16.0 Å². The fourth-order valence-electron chi connectivity index (χ4n) is 3.04. The lowest BCUT2D eigenvalue weighted by Gasteiger charge is -2.18. The van der Waals surface area contributed by atoms with Crippen molar-refractivity contribution in [2.24, 2.45) is 12.0 Å². The van der Waals surface area contributed by atoms with Crippen LogP contribution < -0.4 is 16.0 Å². The van der Waals surface area contributed by atoms with Crippen molar-refractivity contribution in [3.05, 3.63) is 41.3 Å². The van der Waals surface area contributed by atoms with Crippen molar-refractivity contribution in [3.63, 3.8) is 0 Å². The third-order valence-corrected chi connectivity index (χ3v) is 4.64. The lowest BCUT2D eigenvalue weighted by Crippen LogP contribution is -2.43. The maximum Gasteiger partial charge on any atom is 0.191 e. The molecule has 7 heteroatoms. The van der Waals surface area contributed by atoms with Crippen LogP contribution >= 0.6 is 0 Å². The second-order valence-electron chi connectivity index (χ2n) is 6.87. The highest BCUT2D eigenvalue weighted by Gasteiger charge is 2.13. The lowest BCUT2D eigenvalue weighted by atomic mass is 10.1. The van der Waals surface area contributed by atoms with Crippen LogP contribution in [0.2, 0.25) is 0 Å². The first kappa shape index (κ1) is 20.7. The highest BCUT2D eigenvalue weighted by atomic mass is 15.3. The van der Waals surface area contributed by atoms with E-state index in [0.717, 1.165) is 49.8 Å². The minimum absolute atomic E-state index is 0.281. The normalized spacial score (nSPS) is 12.7. The third-order valence-electron chi connectivity index (χ3n) is 4.64. The Kier molecular flexibility index (Phi) is 8.10. The number of hydrogen-bond acceptors (Lipinski definition) is 4. The molecule has 2 heterocycles. The highest BCUT2D eigenvalue weighted by Crippen LogP contribution is 2.14. The molecule has 148 valence electrons. The zero-order chi connectivity index (χ0) is 19.6. The molecule has 3 N–H and O–H groups in total. The van der Waals surface area contributed by atoms with Gasteiger partial charge in [0, 0.05) is 45.1 Å². The minimum atomic E-state index is 0.281. The van der Waals surface area contributed by atoms with Gasteiger partial charge in [-0.25, -0.2) is 4.98 Å². The summed E-state index contributed by atoms with van der Waals surface area (Å²) in [5, 5.41) is 14.7. The van der Waals surface area contributed by atoms with Gasteiger partial charge in [-0.1, -0.05) is 6.07 Å². The number of nitrogens with zero attached hydrogens (tertiary/aromatic N) is 4. The zero-order valence-corrected chi connectivity index (χ0v) is 17.2. The molecule has 2 aromatic rings. The van der Waals surface area contributed by atoms with Gasteiger partial charge in [0.05, 0.1) is 5.69 Å². The standard InChI is InChI=1S/C20H33N7/c1-15(14-18-16(2)26-27(5)17(18)3)25-20(21-4)24-13-9-8-12-23-19-10-6-7-11-22-19/h6-7,10-11,15H,8-9,12-14H2,1-5H3,(H,22,23)(H2,21,24,25). The minimum Gasteiger partial charge on any atom is -0.370 e. The molecule has 2 rings (SSSR count). The first-order chi connectivity index (χ1) is 13.0. The Bertz CT molecular complexity index is 721. The fraction of sp³-hybridized carbons (Fsp3) is 0.550. The summed E-state index contributed by atoms with van der Waals surface area (Å²) in [5.74, 6) is 1.78. The van der Waals surface area contributed by atoms with Crippen molar-refractivity contribution in [3.8, 4) is 0 Å². The molecular weight excluding hydrogens is 338 g/mol. The molecule has 27 heavy (non-hydrogen) atoms. The van der Waals surface area contributed by atoms with Crippen LogP contribution in [0, 0.1) is 13.8 Å². The summed E-state index contributed by atoms with van der Waals surface area (Å²) in [6, 6.07) is 6.17. The van der Waals surface area contributed by atoms with Crippen LogP contribution in [-0.2, 0) is 13.5 Å². The molecule has 0 aliphatic heterocycles. The lowest BCUT2D eigenvalue weighted by molar-refractivity contribution is 0.628. The summed E-state index contributed by atoms with van der Waals surface area (Å²) in [6.07, 6.45) is 4.87. The van der Waals surface area contributed by atoms with E-state index in [1.807, 2.05) is 37.0 Å². The molecule has 2 aromatic heterocycles. The largest absolute Gasteiger partial charge is 0.370 e. The maximum absolute atomic E-state index is 4.50. The van der Waals surface area contributed by atoms with Crippen molar-refractivity contribution < 1.29 is 0 Å². The summed E-state index contributed by atoms with van der Waals surface area (Å²) in [5.41, 5.74) is 3.64. The molecule has 0 amide bonds. The van der Waals surface area contributed by atoms with E-state index in [1.165, 1.54) is 11.3 Å². The van der Waals surface area contributed by atoms with Crippen molar-refractivity contribution in [1.29, 1.82) is 0 Å². The molecule has 0 aromatic carbocycles. The van der Waals surface area contributed by atoms with Crippen LogP contribution in [-0.4, -0.2) is 46.9 Å². The number of hydrogen-bond donors (Lipinski definition) is 3. The van der Waals surface area contributed by atoms with Crippen molar-refractivity contribution in [2.45, 2.75) is 46.1 Å². The van der Waals surface area contributed by atoms with Gasteiger partial charge in [-0.15, -0.1) is 0 Å². The van der Waals surface area contributed by atoms with Gasteiger partial charge in [0.25, 0.3) is 0 Å². The fourth-order valence-corrected chi connectivity index (χ4v) is 3.04. The Hall–Kier alpha value is -2.57. The van der Waals surface area contributed by atoms with E-state index in [0.29, 0.717) is 0 Å². The van der Waals surface area contributed by atoms with E-state index in [4.69, 9.17) is 0 Å². The molecule has 0 bridgehead atoms. The van der Waals surface area contributed by atoms with Crippen molar-refractivity contribution in [2.75, 3.05) is 25.5 Å². The van der Waals surface area contributed by atoms with Gasteiger partial charge >= 0.3 is 0 Å². The summed E-state index contributed by atoms with van der Waals surface area (Å²) >= 11 is 0. The number of unbranched alkanes of at least 4 members (excludes halogenated alkanes) is 1. The van der Waals surface area contributed by atoms with E-state index in [9.17, 15) is 0 Å². The van der Waals surface area contributed by atoms with Gasteiger partial charge in [0.15, 0.2) is 5.96 Å². The maximum atomic E-state index is 4.50. The SMILES string of the molecule is CN=C(NCCCCNc1ccccn1)NC(C)Cc1c(C)nn(C)c1C. The molecule has 0 saturated carbocycles. The predicted molar refractivity (Wildman–Crippen MR) is 112 cm³/mol. The van der Waals surface area contributed by atoms with Crippen LogP contribution in [0.1, 0.15) is 36.7 Å². The molecule has 0 saturated heterocycles. The monoisotopic (exact) mass is 371 g/mol. The summed E-state index contributed by atoms with van der Waals surface area (Å²) < 4.78 is 1.95. The molecule has 0 fully saturated rings. The molecule has 1 atom stereocenters. The van der Waals surface area contributed by atoms with Gasteiger partial charge in [-0.3, -0.25) is 9.67 Å². The van der Waals surface area contributed by atoms with E-state index < -0.39 is 0 Å². The topological polar surface area (TPSA) is 79.2 Å². The number of pyridine rings is 1. The van der Waals surface area contributed by atoms with Crippen LogP contribution in [0.3, 0.4) is 0 Å². The second kappa shape index (κ2) is 10.5. The second-order valence-corrected chi connectivity index (χ2v) is 6.87. The summed E-state index contributed by atoms with van der Waals surface area (Å²) in [6.45, 7) is 8.17. The number of aryl methyl sites for hydroxylation is 2. The Balaban J connectivity index is 1.66. The quantitative estimate of drug-likeness (QED) is 0.358. The van der Waals surface area contributed by atoms with Crippen LogP contribution in [0.25, 0.3) is 0 Å². The van der Waals surface area contributed by atoms with Gasteiger partial charge in [0.2, 0.25) is 0 Å². The van der Waals surface area contributed by atoms with Gasteiger partial charge in [-0.05, 0) is 57.7 Å². The highest BCUT2D eigenvalue weighted by molar-refractivity contribution is 5.79. The Morgan fingerprint density at radius 3 is 2.63 bits per heavy atom. The molecule has 0 aliphatic carbocycles. The van der Waals surface area contributed by atoms with Crippen LogP contribution in [0.5, 0.6) is 0 Å². The summed E-state index contributed by atoms with van der Waals surface area (Å²) in [4.78, 5) is 8.59. The Morgan fingerprint density at radius 1 is 1.22 bits per heavy atom. The molecule has 0 aliphatic rings. The number of rotatable bonds is 9. The van der Waals surface area contributed by atoms with E-state index in [2.05, 4.69) is 51.8 Å². The molecular formula is C20H33N7. The van der Waals surface area contributed by atoms with Gasteiger partial charge in [-0.2, -0.15) is 5.10 Å². The van der Waals surface area contributed by atoms with E-state index in [1.54, 1.807) is 6.20 Å². The number of nitrogens with one attached hydrogen (secondary N) is 3. The van der Waals surface area contributed by atoms with Crippen molar-refractivity contribution in [1.82, 2.24) is 25.4 Å². The average molecular weight is 372 g/mol. The smallest absolute Gasteiger partial charge is 0.191 e. The molecule has 7 nitrogen and oxygen atoms in total. The predicted octanol–water partition coefficient (Wildman–Crippen LogP) is 2.42.